The molecule has 4 rings (SSSR count). The van der Waals surface area contributed by atoms with Crippen molar-refractivity contribution in [2.24, 2.45) is 4.99 Å². The van der Waals surface area contributed by atoms with Crippen molar-refractivity contribution in [3.63, 3.8) is 0 Å². The van der Waals surface area contributed by atoms with Crippen LogP contribution in [0.2, 0.25) is 0 Å². The van der Waals surface area contributed by atoms with Crippen molar-refractivity contribution in [3.8, 4) is 5.69 Å². The molecule has 2 aromatic heterocycles. The topological polar surface area (TPSA) is 70.4 Å². The number of rotatable bonds is 5. The van der Waals surface area contributed by atoms with E-state index in [1.54, 1.807) is 19.3 Å². The first-order valence-corrected chi connectivity index (χ1v) is 10.5. The van der Waals surface area contributed by atoms with Crippen molar-refractivity contribution in [3.05, 3.63) is 71.4 Å². The second kappa shape index (κ2) is 10.8. The Morgan fingerprint density at radius 3 is 2.69 bits per heavy atom. The minimum absolute atomic E-state index is 0. The van der Waals surface area contributed by atoms with Crippen LogP contribution < -0.4 is 15.5 Å². The van der Waals surface area contributed by atoms with E-state index < -0.39 is 0 Å². The van der Waals surface area contributed by atoms with E-state index in [9.17, 15) is 4.39 Å². The van der Waals surface area contributed by atoms with Crippen LogP contribution in [-0.2, 0) is 6.54 Å². The van der Waals surface area contributed by atoms with E-state index in [1.165, 1.54) is 6.07 Å². The minimum Gasteiger partial charge on any atom is -0.352 e. The molecule has 1 aliphatic heterocycles. The molecule has 9 heteroatoms. The first kappa shape index (κ1) is 24.0. The Hall–Kier alpha value is -2.69. The highest BCUT2D eigenvalue weighted by atomic mass is 127. The summed E-state index contributed by atoms with van der Waals surface area (Å²) in [5.74, 6) is 0.848. The SMILES string of the molecule is CN=C(NCc1c(C)nn(-c2ccccc2)c1C)NC1CCN(c2ncccc2F)C1.I. The molecular weight excluding hydrogens is 520 g/mol. The first-order chi connectivity index (χ1) is 15.1. The molecule has 7 nitrogen and oxygen atoms in total. The number of aliphatic imine (C=N–C) groups is 1. The lowest BCUT2D eigenvalue weighted by Gasteiger charge is -2.20. The second-order valence-corrected chi connectivity index (χ2v) is 7.71. The zero-order valence-corrected chi connectivity index (χ0v) is 20.9. The summed E-state index contributed by atoms with van der Waals surface area (Å²) in [7, 11) is 1.76. The molecule has 1 unspecified atom stereocenters. The van der Waals surface area contributed by atoms with Gasteiger partial charge in [0.1, 0.15) is 0 Å². The Labute approximate surface area is 205 Å². The van der Waals surface area contributed by atoms with Gasteiger partial charge in [0.05, 0.1) is 11.4 Å². The van der Waals surface area contributed by atoms with Crippen LogP contribution in [0.15, 0.2) is 53.7 Å². The number of aryl methyl sites for hydroxylation is 1. The number of hydrogen-bond donors (Lipinski definition) is 2. The zero-order chi connectivity index (χ0) is 21.8. The van der Waals surface area contributed by atoms with Gasteiger partial charge in [-0.1, -0.05) is 18.2 Å². The molecule has 32 heavy (non-hydrogen) atoms. The number of hydrogen-bond acceptors (Lipinski definition) is 4. The molecule has 1 aromatic carbocycles. The molecule has 0 radical (unpaired) electrons. The van der Waals surface area contributed by atoms with Gasteiger partial charge in [-0.25, -0.2) is 14.1 Å². The summed E-state index contributed by atoms with van der Waals surface area (Å²) >= 11 is 0. The van der Waals surface area contributed by atoms with E-state index in [0.29, 0.717) is 18.9 Å². The van der Waals surface area contributed by atoms with E-state index >= 15 is 0 Å². The quantitative estimate of drug-likeness (QED) is 0.289. The summed E-state index contributed by atoms with van der Waals surface area (Å²) in [4.78, 5) is 10.5. The van der Waals surface area contributed by atoms with Crippen molar-refractivity contribution in [1.29, 1.82) is 0 Å². The number of aromatic nitrogens is 3. The van der Waals surface area contributed by atoms with Crippen LogP contribution in [0.4, 0.5) is 10.2 Å². The number of pyridine rings is 1. The van der Waals surface area contributed by atoms with Gasteiger partial charge >= 0.3 is 0 Å². The minimum atomic E-state index is -0.285. The number of para-hydroxylation sites is 1. The van der Waals surface area contributed by atoms with E-state index in [1.807, 2.05) is 46.8 Å². The van der Waals surface area contributed by atoms with Crippen LogP contribution in [0.1, 0.15) is 23.4 Å². The molecule has 2 N–H and O–H groups in total. The molecule has 1 aliphatic rings. The molecule has 3 aromatic rings. The normalized spacial score (nSPS) is 16.1. The van der Waals surface area contributed by atoms with E-state index in [2.05, 4.69) is 27.5 Å². The summed E-state index contributed by atoms with van der Waals surface area (Å²) < 4.78 is 16.0. The highest BCUT2D eigenvalue weighted by molar-refractivity contribution is 14.0. The molecular formula is C23H29FIN7. The Morgan fingerprint density at radius 2 is 1.97 bits per heavy atom. The molecule has 170 valence electrons. The fourth-order valence-corrected chi connectivity index (χ4v) is 3.99. The fraction of sp³-hybridized carbons (Fsp3) is 0.348. The zero-order valence-electron chi connectivity index (χ0n) is 18.5. The van der Waals surface area contributed by atoms with E-state index in [0.717, 1.165) is 41.6 Å². The van der Waals surface area contributed by atoms with Gasteiger partial charge < -0.3 is 15.5 Å². The van der Waals surface area contributed by atoms with Crippen LogP contribution in [0, 0.1) is 19.7 Å². The number of halogens is 2. The maximum Gasteiger partial charge on any atom is 0.191 e. The van der Waals surface area contributed by atoms with Crippen molar-refractivity contribution in [2.45, 2.75) is 32.9 Å². The van der Waals surface area contributed by atoms with Crippen molar-refractivity contribution >= 4 is 35.8 Å². The van der Waals surface area contributed by atoms with E-state index in [4.69, 9.17) is 5.10 Å². The Balaban J connectivity index is 0.00000289. The predicted molar refractivity (Wildman–Crippen MR) is 137 cm³/mol. The summed E-state index contributed by atoms with van der Waals surface area (Å²) in [6, 6.07) is 13.3. The summed E-state index contributed by atoms with van der Waals surface area (Å²) in [6.07, 6.45) is 2.51. The molecule has 3 heterocycles. The molecule has 1 atom stereocenters. The third-order valence-electron chi connectivity index (χ3n) is 5.67. The number of nitrogens with one attached hydrogen (secondary N) is 2. The average Bonchev–Trinajstić information content (AvgIpc) is 3.36. The van der Waals surface area contributed by atoms with Gasteiger partial charge in [0.2, 0.25) is 0 Å². The predicted octanol–water partition coefficient (Wildman–Crippen LogP) is 3.59. The second-order valence-electron chi connectivity index (χ2n) is 7.71. The molecule has 0 aliphatic carbocycles. The van der Waals surface area contributed by atoms with Gasteiger partial charge in [-0.3, -0.25) is 4.99 Å². The molecule has 1 fully saturated rings. The molecule has 0 spiro atoms. The third-order valence-corrected chi connectivity index (χ3v) is 5.67. The van der Waals surface area contributed by atoms with Gasteiger partial charge in [0, 0.05) is 50.2 Å². The monoisotopic (exact) mass is 549 g/mol. The first-order valence-electron chi connectivity index (χ1n) is 10.5. The fourth-order valence-electron chi connectivity index (χ4n) is 3.99. The average molecular weight is 549 g/mol. The van der Waals surface area contributed by atoms with Crippen molar-refractivity contribution < 1.29 is 4.39 Å². The molecule has 0 saturated carbocycles. The summed E-state index contributed by atoms with van der Waals surface area (Å²) in [5.41, 5.74) is 4.28. The van der Waals surface area contributed by atoms with Crippen LogP contribution in [0.3, 0.4) is 0 Å². The Morgan fingerprint density at radius 1 is 1.19 bits per heavy atom. The van der Waals surface area contributed by atoms with Gasteiger partial charge in [-0.05, 0) is 44.5 Å². The van der Waals surface area contributed by atoms with Gasteiger partial charge in [0.15, 0.2) is 17.6 Å². The number of guanidine groups is 1. The number of anilines is 1. The van der Waals surface area contributed by atoms with E-state index in [-0.39, 0.29) is 35.8 Å². The van der Waals surface area contributed by atoms with Crippen LogP contribution >= 0.6 is 24.0 Å². The molecule has 1 saturated heterocycles. The Bertz CT molecular complexity index is 1070. The molecule has 0 amide bonds. The largest absolute Gasteiger partial charge is 0.352 e. The van der Waals surface area contributed by atoms with Gasteiger partial charge in [-0.2, -0.15) is 5.10 Å². The van der Waals surface area contributed by atoms with Crippen molar-refractivity contribution in [1.82, 2.24) is 25.4 Å². The summed E-state index contributed by atoms with van der Waals surface area (Å²) in [5, 5.41) is 11.6. The van der Waals surface area contributed by atoms with Crippen LogP contribution in [-0.4, -0.2) is 46.9 Å². The van der Waals surface area contributed by atoms with Gasteiger partial charge in [-0.15, -0.1) is 24.0 Å². The van der Waals surface area contributed by atoms with Crippen molar-refractivity contribution in [2.75, 3.05) is 25.0 Å². The lowest BCUT2D eigenvalue weighted by molar-refractivity contribution is 0.612. The standard InChI is InChI=1S/C23H28FN7.HI/c1-16-20(17(2)31(29-16)19-8-5-4-6-9-19)14-27-23(25-3)28-18-11-13-30(15-18)22-21(24)10-7-12-26-22;/h4-10,12,18H,11,13-15H2,1-3H3,(H2,25,27,28);1H. The third kappa shape index (κ3) is 5.20. The highest BCUT2D eigenvalue weighted by Gasteiger charge is 2.26. The lowest BCUT2D eigenvalue weighted by Crippen LogP contribution is -2.44. The maximum absolute atomic E-state index is 14.0. The van der Waals surface area contributed by atoms with Gasteiger partial charge in [0.25, 0.3) is 0 Å². The number of nitrogens with zero attached hydrogens (tertiary/aromatic N) is 5. The van der Waals surface area contributed by atoms with Crippen LogP contribution in [0.5, 0.6) is 0 Å². The smallest absolute Gasteiger partial charge is 0.191 e. The highest BCUT2D eigenvalue weighted by Crippen LogP contribution is 2.21. The lowest BCUT2D eigenvalue weighted by atomic mass is 10.2. The van der Waals surface area contributed by atoms with Crippen LogP contribution in [0.25, 0.3) is 5.69 Å². The maximum atomic E-state index is 14.0. The molecule has 0 bridgehead atoms. The number of benzene rings is 1. The Kier molecular flexibility index (Phi) is 8.05. The summed E-state index contributed by atoms with van der Waals surface area (Å²) in [6.45, 7) is 6.16.